The van der Waals surface area contributed by atoms with Crippen LogP contribution in [0.4, 0.5) is 0 Å². The summed E-state index contributed by atoms with van der Waals surface area (Å²) in [5, 5.41) is 0.631. The van der Waals surface area contributed by atoms with E-state index in [9.17, 15) is 0 Å². The van der Waals surface area contributed by atoms with Gasteiger partial charge in [0.1, 0.15) is 5.15 Å². The highest BCUT2D eigenvalue weighted by Gasteiger charge is 2.21. The fourth-order valence-electron chi connectivity index (χ4n) is 1.96. The Hall–Kier alpha value is -0.420. The van der Waals surface area contributed by atoms with Gasteiger partial charge in [-0.2, -0.15) is 0 Å². The van der Waals surface area contributed by atoms with Crippen LogP contribution in [0, 0.1) is 5.92 Å². The van der Waals surface area contributed by atoms with E-state index in [1.54, 1.807) is 6.20 Å². The lowest BCUT2D eigenvalue weighted by molar-refractivity contribution is 0.317. The van der Waals surface area contributed by atoms with Gasteiger partial charge in [0.15, 0.2) is 0 Å². The number of hydrogen-bond acceptors (Lipinski definition) is 4. The standard InChI is InChI=1S/C10H14Cl2N4/c11-9-8(4-14-10(12)15-9)6-16-2-1-7(3-13)5-16/h4,7H,1-3,5-6,13H2/t7-/m0/s1. The topological polar surface area (TPSA) is 55.0 Å². The molecule has 1 atom stereocenters. The molecule has 4 nitrogen and oxygen atoms in total. The smallest absolute Gasteiger partial charge is 0.223 e. The minimum absolute atomic E-state index is 0.190. The van der Waals surface area contributed by atoms with Crippen LogP contribution in [0.3, 0.4) is 0 Å². The summed E-state index contributed by atoms with van der Waals surface area (Å²) in [5.74, 6) is 0.604. The highest BCUT2D eigenvalue weighted by molar-refractivity contribution is 6.32. The predicted octanol–water partition coefficient (Wildman–Crippen LogP) is 1.56. The number of nitrogens with two attached hydrogens (primary N) is 1. The molecule has 0 unspecified atom stereocenters. The average molecular weight is 261 g/mol. The van der Waals surface area contributed by atoms with Crippen molar-refractivity contribution in [2.45, 2.75) is 13.0 Å². The molecule has 1 aromatic heterocycles. The minimum atomic E-state index is 0.190. The Morgan fingerprint density at radius 3 is 2.94 bits per heavy atom. The second-order valence-electron chi connectivity index (χ2n) is 4.08. The van der Waals surface area contributed by atoms with Crippen molar-refractivity contribution in [3.05, 3.63) is 22.2 Å². The summed E-state index contributed by atoms with van der Waals surface area (Å²) in [6.45, 7) is 3.60. The van der Waals surface area contributed by atoms with Crippen molar-refractivity contribution in [1.82, 2.24) is 14.9 Å². The lowest BCUT2D eigenvalue weighted by Crippen LogP contribution is -2.23. The van der Waals surface area contributed by atoms with Crippen molar-refractivity contribution < 1.29 is 0 Å². The SMILES string of the molecule is NC[C@@H]1CCN(Cc2cnc(Cl)nc2Cl)C1. The van der Waals surface area contributed by atoms with Crippen molar-refractivity contribution in [1.29, 1.82) is 0 Å². The maximum Gasteiger partial charge on any atom is 0.223 e. The molecule has 1 saturated heterocycles. The van der Waals surface area contributed by atoms with Gasteiger partial charge in [-0.15, -0.1) is 0 Å². The van der Waals surface area contributed by atoms with E-state index >= 15 is 0 Å². The van der Waals surface area contributed by atoms with Crippen LogP contribution in [-0.4, -0.2) is 34.5 Å². The molecule has 2 N–H and O–H groups in total. The quantitative estimate of drug-likeness (QED) is 0.662. The summed E-state index contributed by atoms with van der Waals surface area (Å²) in [5.41, 5.74) is 6.56. The number of aromatic nitrogens is 2. The summed E-state index contributed by atoms with van der Waals surface area (Å²) >= 11 is 11.6. The van der Waals surface area contributed by atoms with Crippen molar-refractivity contribution in [3.8, 4) is 0 Å². The Kier molecular flexibility index (Phi) is 3.97. The van der Waals surface area contributed by atoms with Crippen LogP contribution in [0.1, 0.15) is 12.0 Å². The molecule has 1 aliphatic heterocycles. The van der Waals surface area contributed by atoms with Crippen LogP contribution in [-0.2, 0) is 6.54 Å². The first kappa shape index (κ1) is 12.0. The van der Waals surface area contributed by atoms with Gasteiger partial charge in [0, 0.05) is 24.8 Å². The van der Waals surface area contributed by atoms with E-state index in [0.29, 0.717) is 11.1 Å². The van der Waals surface area contributed by atoms with Gasteiger partial charge in [-0.3, -0.25) is 4.90 Å². The van der Waals surface area contributed by atoms with Crippen molar-refractivity contribution in [2.75, 3.05) is 19.6 Å². The van der Waals surface area contributed by atoms with Crippen molar-refractivity contribution >= 4 is 23.2 Å². The summed E-state index contributed by atoms with van der Waals surface area (Å²) in [7, 11) is 0. The average Bonchev–Trinajstić information content (AvgIpc) is 2.70. The van der Waals surface area contributed by atoms with E-state index in [1.807, 2.05) is 0 Å². The van der Waals surface area contributed by atoms with Crippen LogP contribution < -0.4 is 5.73 Å². The third-order valence-corrected chi connectivity index (χ3v) is 3.39. The van der Waals surface area contributed by atoms with Gasteiger partial charge in [-0.05, 0) is 37.0 Å². The first-order valence-electron chi connectivity index (χ1n) is 5.28. The Bertz CT molecular complexity index is 372. The zero-order valence-electron chi connectivity index (χ0n) is 8.87. The molecular formula is C10H14Cl2N4. The molecule has 1 aromatic rings. The second kappa shape index (κ2) is 5.27. The number of rotatable bonds is 3. The van der Waals surface area contributed by atoms with Crippen LogP contribution in [0.25, 0.3) is 0 Å². The Morgan fingerprint density at radius 1 is 1.50 bits per heavy atom. The maximum atomic E-state index is 5.99. The normalized spacial score (nSPS) is 21.6. The number of likely N-dealkylation sites (tertiary alicyclic amines) is 1. The third kappa shape index (κ3) is 2.83. The van der Waals surface area contributed by atoms with Crippen LogP contribution in [0.5, 0.6) is 0 Å². The van der Waals surface area contributed by atoms with Gasteiger partial charge >= 0.3 is 0 Å². The Labute approximate surface area is 105 Å². The highest BCUT2D eigenvalue weighted by atomic mass is 35.5. The molecule has 0 aliphatic carbocycles. The van der Waals surface area contributed by atoms with E-state index in [1.165, 1.54) is 0 Å². The van der Waals surface area contributed by atoms with E-state index in [4.69, 9.17) is 28.9 Å². The molecule has 16 heavy (non-hydrogen) atoms. The van der Waals surface area contributed by atoms with Crippen molar-refractivity contribution in [3.63, 3.8) is 0 Å². The molecule has 0 bridgehead atoms. The van der Waals surface area contributed by atoms with Gasteiger partial charge in [0.05, 0.1) is 0 Å². The Morgan fingerprint density at radius 2 is 2.31 bits per heavy atom. The predicted molar refractivity (Wildman–Crippen MR) is 64.5 cm³/mol. The third-order valence-electron chi connectivity index (χ3n) is 2.88. The molecule has 2 rings (SSSR count). The summed E-state index contributed by atoms with van der Waals surface area (Å²) in [4.78, 5) is 10.2. The summed E-state index contributed by atoms with van der Waals surface area (Å²) < 4.78 is 0. The molecule has 1 aliphatic rings. The van der Waals surface area contributed by atoms with Gasteiger partial charge in [0.2, 0.25) is 5.28 Å². The molecule has 2 heterocycles. The van der Waals surface area contributed by atoms with Gasteiger partial charge in [-0.25, -0.2) is 9.97 Å². The van der Waals surface area contributed by atoms with E-state index in [-0.39, 0.29) is 5.28 Å². The van der Waals surface area contributed by atoms with Gasteiger partial charge < -0.3 is 5.73 Å². The fourth-order valence-corrected chi connectivity index (χ4v) is 2.33. The van der Waals surface area contributed by atoms with Crippen LogP contribution in [0.2, 0.25) is 10.4 Å². The zero-order valence-corrected chi connectivity index (χ0v) is 10.4. The number of halogens is 2. The summed E-state index contributed by atoms with van der Waals surface area (Å²) in [6.07, 6.45) is 2.84. The maximum absolute atomic E-state index is 5.99. The lowest BCUT2D eigenvalue weighted by atomic mass is 10.1. The van der Waals surface area contributed by atoms with E-state index in [2.05, 4.69) is 14.9 Å². The first-order valence-corrected chi connectivity index (χ1v) is 6.04. The van der Waals surface area contributed by atoms with Crippen LogP contribution in [0.15, 0.2) is 6.20 Å². The monoisotopic (exact) mass is 260 g/mol. The van der Waals surface area contributed by atoms with E-state index < -0.39 is 0 Å². The number of hydrogen-bond donors (Lipinski definition) is 1. The number of nitrogens with zero attached hydrogens (tertiary/aromatic N) is 3. The zero-order chi connectivity index (χ0) is 11.5. The lowest BCUT2D eigenvalue weighted by Gasteiger charge is -2.15. The molecule has 0 radical (unpaired) electrons. The molecule has 88 valence electrons. The fraction of sp³-hybridized carbons (Fsp3) is 0.600. The molecule has 6 heteroatoms. The first-order chi connectivity index (χ1) is 7.69. The van der Waals surface area contributed by atoms with E-state index in [0.717, 1.165) is 38.2 Å². The van der Waals surface area contributed by atoms with Gasteiger partial charge in [0.25, 0.3) is 0 Å². The molecule has 0 aromatic carbocycles. The van der Waals surface area contributed by atoms with Gasteiger partial charge in [-0.1, -0.05) is 11.6 Å². The summed E-state index contributed by atoms with van der Waals surface area (Å²) in [6, 6.07) is 0. The molecule has 0 saturated carbocycles. The minimum Gasteiger partial charge on any atom is -0.330 e. The molecule has 0 amide bonds. The molecule has 1 fully saturated rings. The molecule has 0 spiro atoms. The molecular weight excluding hydrogens is 247 g/mol. The second-order valence-corrected chi connectivity index (χ2v) is 4.78. The largest absolute Gasteiger partial charge is 0.330 e. The highest BCUT2D eigenvalue weighted by Crippen LogP contribution is 2.21. The Balaban J connectivity index is 1.99. The van der Waals surface area contributed by atoms with Crippen LogP contribution >= 0.6 is 23.2 Å². The van der Waals surface area contributed by atoms with Crippen molar-refractivity contribution in [2.24, 2.45) is 11.7 Å².